The van der Waals surface area contributed by atoms with Crippen LogP contribution in [0.4, 0.5) is 11.4 Å². The second-order valence-electron chi connectivity index (χ2n) is 6.99. The van der Waals surface area contributed by atoms with Crippen molar-refractivity contribution in [3.05, 3.63) is 63.7 Å². The number of ether oxygens (including phenoxy) is 1. The summed E-state index contributed by atoms with van der Waals surface area (Å²) in [6, 6.07) is 12.7. The molecule has 0 radical (unpaired) electrons. The molecule has 2 aromatic carbocycles. The number of fused-ring (bicyclic) bond motifs is 1. The van der Waals surface area contributed by atoms with Crippen LogP contribution in [0.2, 0.25) is 0 Å². The van der Waals surface area contributed by atoms with E-state index in [2.05, 4.69) is 10.6 Å². The van der Waals surface area contributed by atoms with E-state index >= 15 is 0 Å². The second kappa shape index (κ2) is 7.26. The normalized spacial score (nSPS) is 18.1. The zero-order chi connectivity index (χ0) is 18.8. The molecule has 2 aliphatic rings. The van der Waals surface area contributed by atoms with Gasteiger partial charge in [0.05, 0.1) is 11.5 Å². The summed E-state index contributed by atoms with van der Waals surface area (Å²) >= 11 is 0. The Morgan fingerprint density at radius 3 is 2.78 bits per heavy atom. The van der Waals surface area contributed by atoms with Gasteiger partial charge in [0.15, 0.2) is 0 Å². The first-order chi connectivity index (χ1) is 13.1. The van der Waals surface area contributed by atoms with Gasteiger partial charge in [-0.3, -0.25) is 14.9 Å². The van der Waals surface area contributed by atoms with Gasteiger partial charge in [-0.1, -0.05) is 18.2 Å². The molecule has 2 N–H and O–H groups in total. The number of rotatable bonds is 6. The first kappa shape index (κ1) is 17.3. The molecule has 1 aliphatic carbocycles. The highest BCUT2D eigenvalue weighted by Crippen LogP contribution is 2.34. The van der Waals surface area contributed by atoms with Crippen molar-refractivity contribution in [2.45, 2.75) is 31.2 Å². The third-order valence-corrected chi connectivity index (χ3v) is 4.99. The van der Waals surface area contributed by atoms with Crippen molar-refractivity contribution in [2.75, 3.05) is 18.5 Å². The Kier molecular flexibility index (Phi) is 4.66. The fraction of sp³-hybridized carbons (Fsp3) is 0.350. The maximum absolute atomic E-state index is 12.2. The zero-order valence-corrected chi connectivity index (χ0v) is 14.8. The van der Waals surface area contributed by atoms with Crippen LogP contribution < -0.4 is 15.4 Å². The predicted octanol–water partition coefficient (Wildman–Crippen LogP) is 3.47. The van der Waals surface area contributed by atoms with Crippen LogP contribution >= 0.6 is 0 Å². The molecule has 27 heavy (non-hydrogen) atoms. The lowest BCUT2D eigenvalue weighted by atomic mass is 9.93. The summed E-state index contributed by atoms with van der Waals surface area (Å²) in [6.45, 7) is 1.19. The highest BCUT2D eigenvalue weighted by molar-refractivity contribution is 5.96. The minimum Gasteiger partial charge on any atom is -0.493 e. The summed E-state index contributed by atoms with van der Waals surface area (Å²) < 4.78 is 5.67. The summed E-state index contributed by atoms with van der Waals surface area (Å²) in [5.41, 5.74) is 1.76. The number of nitro groups is 1. The Hall–Kier alpha value is -3.09. The molecule has 7 heteroatoms. The Labute approximate surface area is 156 Å². The van der Waals surface area contributed by atoms with E-state index in [1.165, 1.54) is 6.07 Å². The first-order valence-electron chi connectivity index (χ1n) is 9.16. The Bertz CT molecular complexity index is 879. The van der Waals surface area contributed by atoms with Gasteiger partial charge >= 0.3 is 0 Å². The smallest absolute Gasteiger partial charge is 0.293 e. The van der Waals surface area contributed by atoms with E-state index in [4.69, 9.17) is 4.74 Å². The fourth-order valence-electron chi connectivity index (χ4n) is 3.33. The molecular formula is C20H21N3O4. The lowest BCUT2D eigenvalue weighted by Gasteiger charge is -2.26. The molecule has 1 saturated carbocycles. The van der Waals surface area contributed by atoms with Crippen molar-refractivity contribution >= 4 is 17.3 Å². The molecule has 0 spiro atoms. The van der Waals surface area contributed by atoms with Gasteiger partial charge in [-0.05, 0) is 43.0 Å². The SMILES string of the molecule is O=C(NC1CC1)c1ccc(NCC2CCOc3ccccc32)c([N+](=O)[O-])c1. The van der Waals surface area contributed by atoms with Crippen LogP contribution in [0.1, 0.15) is 41.1 Å². The molecule has 1 aliphatic heterocycles. The average Bonchev–Trinajstić information content (AvgIpc) is 3.50. The average molecular weight is 367 g/mol. The Balaban J connectivity index is 1.50. The van der Waals surface area contributed by atoms with Crippen molar-refractivity contribution in [2.24, 2.45) is 0 Å². The van der Waals surface area contributed by atoms with Crippen LogP contribution in [0.25, 0.3) is 0 Å². The number of nitro benzene ring substituents is 1. The molecule has 0 aromatic heterocycles. The van der Waals surface area contributed by atoms with Gasteiger partial charge < -0.3 is 15.4 Å². The molecule has 1 atom stereocenters. The van der Waals surface area contributed by atoms with E-state index in [1.54, 1.807) is 12.1 Å². The summed E-state index contributed by atoms with van der Waals surface area (Å²) in [5.74, 6) is 0.829. The van der Waals surface area contributed by atoms with Gasteiger partial charge in [-0.2, -0.15) is 0 Å². The first-order valence-corrected chi connectivity index (χ1v) is 9.16. The number of hydrogen-bond donors (Lipinski definition) is 2. The van der Waals surface area contributed by atoms with Crippen molar-refractivity contribution in [3.8, 4) is 5.75 Å². The minimum atomic E-state index is -0.450. The quantitative estimate of drug-likeness (QED) is 0.602. The molecule has 1 fully saturated rings. The molecule has 1 heterocycles. The van der Waals surface area contributed by atoms with Gasteiger partial charge in [0, 0.05) is 30.1 Å². The van der Waals surface area contributed by atoms with E-state index in [-0.39, 0.29) is 23.6 Å². The lowest BCUT2D eigenvalue weighted by Crippen LogP contribution is -2.25. The van der Waals surface area contributed by atoms with Gasteiger partial charge in [-0.25, -0.2) is 0 Å². The number of nitrogens with one attached hydrogen (secondary N) is 2. The Morgan fingerprint density at radius 2 is 2.00 bits per heavy atom. The monoisotopic (exact) mass is 367 g/mol. The van der Waals surface area contributed by atoms with Crippen LogP contribution in [0.5, 0.6) is 5.75 Å². The maximum Gasteiger partial charge on any atom is 0.293 e. The van der Waals surface area contributed by atoms with Crippen molar-refractivity contribution in [1.29, 1.82) is 0 Å². The fourth-order valence-corrected chi connectivity index (χ4v) is 3.33. The summed E-state index contributed by atoms with van der Waals surface area (Å²) in [5, 5.41) is 17.5. The van der Waals surface area contributed by atoms with Crippen LogP contribution in [-0.4, -0.2) is 30.0 Å². The van der Waals surface area contributed by atoms with Crippen molar-refractivity contribution < 1.29 is 14.5 Å². The van der Waals surface area contributed by atoms with E-state index < -0.39 is 4.92 Å². The lowest BCUT2D eigenvalue weighted by molar-refractivity contribution is -0.384. The molecule has 2 aromatic rings. The van der Waals surface area contributed by atoms with Crippen molar-refractivity contribution in [1.82, 2.24) is 5.32 Å². The molecule has 0 saturated heterocycles. The number of para-hydroxylation sites is 1. The number of carbonyl (C=O) groups excluding carboxylic acids is 1. The highest BCUT2D eigenvalue weighted by atomic mass is 16.6. The molecule has 140 valence electrons. The molecule has 1 unspecified atom stereocenters. The third kappa shape index (κ3) is 3.86. The van der Waals surface area contributed by atoms with Gasteiger partial charge in [0.25, 0.3) is 11.6 Å². The van der Waals surface area contributed by atoms with E-state index in [9.17, 15) is 14.9 Å². The molecule has 0 bridgehead atoms. The van der Waals surface area contributed by atoms with E-state index in [0.717, 1.165) is 30.6 Å². The highest BCUT2D eigenvalue weighted by Gasteiger charge is 2.26. The molecular weight excluding hydrogens is 346 g/mol. The topological polar surface area (TPSA) is 93.5 Å². The van der Waals surface area contributed by atoms with Crippen LogP contribution in [0, 0.1) is 10.1 Å². The maximum atomic E-state index is 12.2. The zero-order valence-electron chi connectivity index (χ0n) is 14.8. The van der Waals surface area contributed by atoms with Crippen LogP contribution in [0.3, 0.4) is 0 Å². The predicted molar refractivity (Wildman–Crippen MR) is 101 cm³/mol. The number of amides is 1. The Morgan fingerprint density at radius 1 is 1.19 bits per heavy atom. The number of nitrogens with zero attached hydrogens (tertiary/aromatic N) is 1. The largest absolute Gasteiger partial charge is 0.493 e. The molecule has 4 rings (SSSR count). The molecule has 7 nitrogen and oxygen atoms in total. The van der Waals surface area contributed by atoms with E-state index in [0.29, 0.717) is 24.4 Å². The standard InChI is InChI=1S/C20H21N3O4/c24-20(22-15-6-7-15)13-5-8-17(18(11-13)23(25)26)21-12-14-9-10-27-19-4-2-1-3-16(14)19/h1-5,8,11,14-15,21H,6-7,9-10,12H2,(H,22,24). The number of anilines is 1. The van der Waals surface area contributed by atoms with Crippen molar-refractivity contribution in [3.63, 3.8) is 0 Å². The van der Waals surface area contributed by atoms with Crippen LogP contribution in [-0.2, 0) is 0 Å². The third-order valence-electron chi connectivity index (χ3n) is 4.99. The van der Waals surface area contributed by atoms with Gasteiger partial charge in [-0.15, -0.1) is 0 Å². The number of hydrogen-bond acceptors (Lipinski definition) is 5. The summed E-state index contributed by atoms with van der Waals surface area (Å²) in [6.07, 6.45) is 2.79. The van der Waals surface area contributed by atoms with Gasteiger partial charge in [0.2, 0.25) is 0 Å². The number of carbonyl (C=O) groups is 1. The van der Waals surface area contributed by atoms with Gasteiger partial charge in [0.1, 0.15) is 11.4 Å². The summed E-state index contributed by atoms with van der Waals surface area (Å²) in [7, 11) is 0. The van der Waals surface area contributed by atoms with Crippen LogP contribution in [0.15, 0.2) is 42.5 Å². The van der Waals surface area contributed by atoms with E-state index in [1.807, 2.05) is 24.3 Å². The number of benzene rings is 2. The minimum absolute atomic E-state index is 0.0845. The second-order valence-corrected chi connectivity index (χ2v) is 6.99. The summed E-state index contributed by atoms with van der Waals surface area (Å²) in [4.78, 5) is 23.2. The molecule has 1 amide bonds.